The van der Waals surface area contributed by atoms with Crippen LogP contribution in [0.4, 0.5) is 0 Å². The molecule has 1 fully saturated rings. The van der Waals surface area contributed by atoms with E-state index in [2.05, 4.69) is 72.6 Å². The van der Waals surface area contributed by atoms with Gasteiger partial charge in [0.2, 0.25) is 5.91 Å². The van der Waals surface area contributed by atoms with Gasteiger partial charge in [0, 0.05) is 38.6 Å². The first-order valence-corrected chi connectivity index (χ1v) is 11.3. The van der Waals surface area contributed by atoms with Gasteiger partial charge in [0.05, 0.1) is 19.3 Å². The van der Waals surface area contributed by atoms with Gasteiger partial charge >= 0.3 is 0 Å². The van der Waals surface area contributed by atoms with Gasteiger partial charge in [-0.1, -0.05) is 62.4 Å². The largest absolute Gasteiger partial charge is 0.382 e. The Morgan fingerprint density at radius 1 is 1.06 bits per heavy atom. The smallest absolute Gasteiger partial charge is 0.246 e. The van der Waals surface area contributed by atoms with E-state index < -0.39 is 0 Å². The van der Waals surface area contributed by atoms with Gasteiger partial charge in [-0.15, -0.1) is 0 Å². The summed E-state index contributed by atoms with van der Waals surface area (Å²) >= 11 is 0. The van der Waals surface area contributed by atoms with Crippen molar-refractivity contribution < 1.29 is 14.3 Å². The molecule has 2 aliphatic rings. The molecule has 0 aromatic heterocycles. The fourth-order valence-corrected chi connectivity index (χ4v) is 5.04. The van der Waals surface area contributed by atoms with Crippen LogP contribution in [0.25, 0.3) is 0 Å². The van der Waals surface area contributed by atoms with Crippen LogP contribution in [-0.4, -0.2) is 50.8 Å². The Hall–Kier alpha value is -2.21. The van der Waals surface area contributed by atoms with E-state index in [1.54, 1.807) is 7.11 Å². The number of benzene rings is 2. The summed E-state index contributed by atoms with van der Waals surface area (Å²) in [6.45, 7) is 8.43. The molecule has 1 aliphatic carbocycles. The van der Waals surface area contributed by atoms with Crippen LogP contribution in [0.5, 0.6) is 0 Å². The number of nitrogens with zero attached hydrogens (tertiary/aromatic N) is 1. The molecule has 3 atom stereocenters. The maximum Gasteiger partial charge on any atom is 0.246 e. The number of amides is 1. The van der Waals surface area contributed by atoms with E-state index in [9.17, 15) is 4.79 Å². The number of fused-ring (bicyclic) bond motifs is 3. The quantitative estimate of drug-likeness (QED) is 0.624. The standard InChI is InChI=1S/C26H34N2O3/c1-18(2)20-10-8-19(9-11-20)14-28-15-23-21-6-4-5-7-22(21)26(24(23)16-28)27-25(29)17-31-13-12-30-3/h4-11,18,23-24,26H,12-17H2,1-3H3,(H,27,29)/t23-,24-,26+/m0/s1. The van der Waals surface area contributed by atoms with Crippen LogP contribution < -0.4 is 5.32 Å². The van der Waals surface area contributed by atoms with E-state index in [1.807, 2.05) is 0 Å². The van der Waals surface area contributed by atoms with Crippen molar-refractivity contribution in [3.8, 4) is 0 Å². The predicted octanol–water partition coefficient (Wildman–Crippen LogP) is 3.86. The highest BCUT2D eigenvalue weighted by atomic mass is 16.5. The summed E-state index contributed by atoms with van der Waals surface area (Å²) in [5.41, 5.74) is 5.38. The van der Waals surface area contributed by atoms with Crippen molar-refractivity contribution in [2.45, 2.75) is 38.3 Å². The maximum atomic E-state index is 12.5. The number of nitrogens with one attached hydrogen (secondary N) is 1. The number of carbonyl (C=O) groups excluding carboxylic acids is 1. The molecule has 2 aromatic rings. The van der Waals surface area contributed by atoms with Crippen molar-refractivity contribution in [1.29, 1.82) is 0 Å². The van der Waals surface area contributed by atoms with E-state index in [4.69, 9.17) is 9.47 Å². The third-order valence-corrected chi connectivity index (χ3v) is 6.63. The van der Waals surface area contributed by atoms with Crippen molar-refractivity contribution in [3.63, 3.8) is 0 Å². The van der Waals surface area contributed by atoms with Crippen molar-refractivity contribution in [3.05, 3.63) is 70.8 Å². The molecule has 1 saturated heterocycles. The predicted molar refractivity (Wildman–Crippen MR) is 122 cm³/mol. The SMILES string of the molecule is COCCOCC(=O)N[C@@H]1c2ccccc2[C@@H]2CN(Cc3ccc(C(C)C)cc3)C[C@H]12. The molecule has 1 heterocycles. The molecular weight excluding hydrogens is 388 g/mol. The number of hydrogen-bond acceptors (Lipinski definition) is 4. The Morgan fingerprint density at radius 3 is 2.52 bits per heavy atom. The summed E-state index contributed by atoms with van der Waals surface area (Å²) in [6.07, 6.45) is 0. The first-order chi connectivity index (χ1) is 15.1. The van der Waals surface area contributed by atoms with Gasteiger partial charge in [-0.05, 0) is 28.2 Å². The van der Waals surface area contributed by atoms with Gasteiger partial charge in [-0.25, -0.2) is 0 Å². The molecule has 1 N–H and O–H groups in total. The van der Waals surface area contributed by atoms with Gasteiger partial charge in [0.1, 0.15) is 6.61 Å². The Balaban J connectivity index is 1.42. The Labute approximate surface area is 185 Å². The van der Waals surface area contributed by atoms with Gasteiger partial charge in [0.15, 0.2) is 0 Å². The fraction of sp³-hybridized carbons (Fsp3) is 0.500. The molecule has 0 saturated carbocycles. The van der Waals surface area contributed by atoms with Gasteiger partial charge < -0.3 is 14.8 Å². The van der Waals surface area contributed by atoms with E-state index in [1.165, 1.54) is 22.3 Å². The van der Waals surface area contributed by atoms with Crippen molar-refractivity contribution in [1.82, 2.24) is 10.2 Å². The van der Waals surface area contributed by atoms with Crippen LogP contribution >= 0.6 is 0 Å². The maximum absolute atomic E-state index is 12.5. The van der Waals surface area contributed by atoms with Gasteiger partial charge in [-0.3, -0.25) is 9.69 Å². The van der Waals surface area contributed by atoms with Crippen LogP contribution in [-0.2, 0) is 20.8 Å². The minimum absolute atomic E-state index is 0.0491. The summed E-state index contributed by atoms with van der Waals surface area (Å²) < 4.78 is 10.4. The minimum Gasteiger partial charge on any atom is -0.382 e. The van der Waals surface area contributed by atoms with Crippen LogP contribution in [0.1, 0.15) is 54.0 Å². The third kappa shape index (κ3) is 5.00. The van der Waals surface area contributed by atoms with E-state index in [-0.39, 0.29) is 18.6 Å². The zero-order valence-corrected chi connectivity index (χ0v) is 18.8. The van der Waals surface area contributed by atoms with Crippen LogP contribution in [0, 0.1) is 5.92 Å². The molecular formula is C26H34N2O3. The number of methoxy groups -OCH3 is 1. The third-order valence-electron chi connectivity index (χ3n) is 6.63. The average molecular weight is 423 g/mol. The molecule has 4 rings (SSSR count). The lowest BCUT2D eigenvalue weighted by atomic mass is 9.94. The topological polar surface area (TPSA) is 50.8 Å². The van der Waals surface area contributed by atoms with Crippen molar-refractivity contribution >= 4 is 5.91 Å². The highest BCUT2D eigenvalue weighted by Crippen LogP contribution is 2.49. The van der Waals surface area contributed by atoms with Crippen LogP contribution in [0.3, 0.4) is 0 Å². The summed E-state index contributed by atoms with van der Waals surface area (Å²) in [5, 5.41) is 3.26. The Kier molecular flexibility index (Phi) is 7.06. The summed E-state index contributed by atoms with van der Waals surface area (Å²) in [7, 11) is 1.63. The summed E-state index contributed by atoms with van der Waals surface area (Å²) in [6, 6.07) is 17.6. The summed E-state index contributed by atoms with van der Waals surface area (Å²) in [4.78, 5) is 15.1. The molecule has 2 aromatic carbocycles. The second-order valence-electron chi connectivity index (χ2n) is 9.08. The first kappa shape index (κ1) is 22.0. The second kappa shape index (κ2) is 9.94. The molecule has 5 heteroatoms. The lowest BCUT2D eigenvalue weighted by Gasteiger charge is -2.23. The van der Waals surface area contributed by atoms with Gasteiger partial charge in [-0.2, -0.15) is 0 Å². The van der Waals surface area contributed by atoms with E-state index in [0.29, 0.717) is 31.0 Å². The minimum atomic E-state index is -0.0562. The molecule has 1 aliphatic heterocycles. The number of ether oxygens (including phenoxy) is 2. The number of rotatable bonds is 9. The van der Waals surface area contributed by atoms with E-state index >= 15 is 0 Å². The van der Waals surface area contributed by atoms with Crippen LogP contribution in [0.15, 0.2) is 48.5 Å². The monoisotopic (exact) mass is 422 g/mol. The molecule has 0 radical (unpaired) electrons. The normalized spacial score (nSPS) is 22.5. The molecule has 5 nitrogen and oxygen atoms in total. The molecule has 0 spiro atoms. The van der Waals surface area contributed by atoms with Crippen LogP contribution in [0.2, 0.25) is 0 Å². The lowest BCUT2D eigenvalue weighted by Crippen LogP contribution is -2.36. The van der Waals surface area contributed by atoms with Crippen molar-refractivity contribution in [2.75, 3.05) is 40.0 Å². The number of carbonyl (C=O) groups is 1. The Morgan fingerprint density at radius 2 is 1.81 bits per heavy atom. The van der Waals surface area contributed by atoms with Gasteiger partial charge in [0.25, 0.3) is 0 Å². The van der Waals surface area contributed by atoms with Crippen molar-refractivity contribution in [2.24, 2.45) is 5.92 Å². The first-order valence-electron chi connectivity index (χ1n) is 11.3. The molecule has 1 amide bonds. The van der Waals surface area contributed by atoms with E-state index in [0.717, 1.165) is 19.6 Å². The average Bonchev–Trinajstić information content (AvgIpc) is 3.30. The summed E-state index contributed by atoms with van der Waals surface area (Å²) in [5.74, 6) is 1.36. The highest BCUT2D eigenvalue weighted by Gasteiger charge is 2.46. The zero-order valence-electron chi connectivity index (χ0n) is 18.8. The Bertz CT molecular complexity index is 880. The second-order valence-corrected chi connectivity index (χ2v) is 9.08. The molecule has 0 bridgehead atoms. The highest BCUT2D eigenvalue weighted by molar-refractivity contribution is 5.78. The number of hydrogen-bond donors (Lipinski definition) is 1. The lowest BCUT2D eigenvalue weighted by molar-refractivity contribution is -0.127. The number of likely N-dealkylation sites (tertiary alicyclic amines) is 1. The molecule has 166 valence electrons. The zero-order chi connectivity index (χ0) is 21.8. The molecule has 31 heavy (non-hydrogen) atoms. The molecule has 0 unspecified atom stereocenters. The fourth-order valence-electron chi connectivity index (χ4n) is 5.04.